The van der Waals surface area contributed by atoms with Crippen molar-refractivity contribution in [3.8, 4) is 23.0 Å². The first-order chi connectivity index (χ1) is 25.4. The smallest absolute Gasteiger partial charge is 0.335 e. The fourth-order valence-corrected chi connectivity index (χ4v) is 9.26. The van der Waals surface area contributed by atoms with Gasteiger partial charge in [-0.1, -0.05) is 78.9 Å². The van der Waals surface area contributed by atoms with Gasteiger partial charge in [-0.3, -0.25) is 14.4 Å². The SMILES string of the molecule is O=C(O)c1cccc(N2C(=O)[C@@H]3[C@@H](C2=O)[C@@]2(c4ccccc4)C(=O)[C@@]3(c3ccccc3)C(c3ccc4c(c3)OCO4)=C2c2ccc3c(c2)OCO3)c1. The van der Waals surface area contributed by atoms with Crippen LogP contribution in [0.25, 0.3) is 11.1 Å². The molecule has 5 aromatic rings. The largest absolute Gasteiger partial charge is 0.478 e. The van der Waals surface area contributed by atoms with Gasteiger partial charge in [0.15, 0.2) is 28.8 Å². The number of benzene rings is 5. The third-order valence-corrected chi connectivity index (χ3v) is 11.1. The standard InChI is InChI=1S/C42H27NO9/c44-37-35-36(38(45)43(37)28-13-7-8-25(18-28)39(46)47)42(27-11-5-2-6-12-27)34(24-15-17-30-32(20-24)52-22-50-30)33(23-14-16-29-31(19-23)51-21-49-29)41(35,40(42)48)26-9-3-1-4-10-26/h1-20,35-36H,21-22H2,(H,46,47)/t35-,36-,41-,42-/m0/s1. The molecule has 10 rings (SSSR count). The fraction of sp³-hybridized carbons (Fsp3) is 0.143. The van der Waals surface area contributed by atoms with Crippen molar-refractivity contribution >= 4 is 40.4 Å². The minimum atomic E-state index is -1.67. The molecule has 3 aliphatic heterocycles. The van der Waals surface area contributed by atoms with E-state index in [9.17, 15) is 9.90 Å². The highest BCUT2D eigenvalue weighted by molar-refractivity contribution is 6.39. The summed E-state index contributed by atoms with van der Waals surface area (Å²) >= 11 is 0. The number of aromatic carboxylic acids is 1. The van der Waals surface area contributed by atoms with Gasteiger partial charge in [-0.2, -0.15) is 0 Å². The van der Waals surface area contributed by atoms with Crippen molar-refractivity contribution in [1.29, 1.82) is 0 Å². The van der Waals surface area contributed by atoms with Gasteiger partial charge in [0.05, 0.1) is 33.9 Å². The molecule has 1 saturated heterocycles. The molecule has 4 atom stereocenters. The van der Waals surface area contributed by atoms with E-state index in [-0.39, 0.29) is 30.6 Å². The maximum Gasteiger partial charge on any atom is 0.335 e. The van der Waals surface area contributed by atoms with Crippen molar-refractivity contribution in [2.24, 2.45) is 11.8 Å². The van der Waals surface area contributed by atoms with Crippen LogP contribution in [0.4, 0.5) is 5.69 Å². The number of hydrogen-bond donors (Lipinski definition) is 1. The third-order valence-electron chi connectivity index (χ3n) is 11.1. The molecular formula is C42H27NO9. The number of hydrogen-bond acceptors (Lipinski definition) is 8. The Kier molecular flexibility index (Phi) is 6.19. The number of ether oxygens (including phenoxy) is 4. The molecule has 52 heavy (non-hydrogen) atoms. The maximum absolute atomic E-state index is 16.2. The van der Waals surface area contributed by atoms with Crippen LogP contribution >= 0.6 is 0 Å². The topological polar surface area (TPSA) is 129 Å². The Labute approximate surface area is 296 Å². The summed E-state index contributed by atoms with van der Waals surface area (Å²) in [4.78, 5) is 59.8. The van der Waals surface area contributed by atoms with E-state index in [1.807, 2.05) is 84.9 Å². The number of carboxylic acid groups (broad SMARTS) is 1. The summed E-state index contributed by atoms with van der Waals surface area (Å²) in [5.74, 6) is -2.99. The monoisotopic (exact) mass is 689 g/mol. The van der Waals surface area contributed by atoms with Gasteiger partial charge >= 0.3 is 5.97 Å². The normalized spacial score (nSPS) is 24.9. The fourth-order valence-electron chi connectivity index (χ4n) is 9.26. The Bertz CT molecular complexity index is 2300. The van der Waals surface area contributed by atoms with E-state index in [4.69, 9.17) is 18.9 Å². The number of carbonyl (C=O) groups is 4. The number of Topliss-reactive ketones (excluding diaryl/α,β-unsaturated/α-hetero) is 1. The zero-order valence-corrected chi connectivity index (χ0v) is 27.3. The average molecular weight is 690 g/mol. The van der Waals surface area contributed by atoms with Crippen LogP contribution in [0.15, 0.2) is 121 Å². The van der Waals surface area contributed by atoms with Crippen molar-refractivity contribution in [2.45, 2.75) is 10.8 Å². The highest BCUT2D eigenvalue weighted by Crippen LogP contribution is 2.74. The molecule has 2 fully saturated rings. The third kappa shape index (κ3) is 3.67. The van der Waals surface area contributed by atoms with Crippen molar-refractivity contribution in [2.75, 3.05) is 18.5 Å². The first-order valence-electron chi connectivity index (χ1n) is 16.8. The summed E-state index contributed by atoms with van der Waals surface area (Å²) in [6.07, 6.45) is 0. The first kappa shape index (κ1) is 30.2. The van der Waals surface area contributed by atoms with Gasteiger partial charge in [0.25, 0.3) is 0 Å². The van der Waals surface area contributed by atoms with Gasteiger partial charge in [-0.05, 0) is 75.9 Å². The highest BCUT2D eigenvalue weighted by atomic mass is 16.7. The Balaban J connectivity index is 1.35. The summed E-state index contributed by atoms with van der Waals surface area (Å²) in [7, 11) is 0. The summed E-state index contributed by atoms with van der Waals surface area (Å²) in [6.45, 7) is 0.0667. The van der Waals surface area contributed by atoms with Crippen LogP contribution < -0.4 is 23.8 Å². The first-order valence-corrected chi connectivity index (χ1v) is 16.8. The Hall–Kier alpha value is -6.68. The molecule has 1 saturated carbocycles. The number of carboxylic acids is 1. The number of fused-ring (bicyclic) bond motifs is 7. The lowest BCUT2D eigenvalue weighted by Crippen LogP contribution is -2.45. The molecule has 2 amide bonds. The summed E-state index contributed by atoms with van der Waals surface area (Å²) in [6, 6.07) is 35.0. The number of rotatable bonds is 6. The van der Waals surface area contributed by atoms with Crippen LogP contribution in [0.5, 0.6) is 23.0 Å². The number of imide groups is 1. The second-order valence-corrected chi connectivity index (χ2v) is 13.4. The molecule has 0 spiro atoms. The van der Waals surface area contributed by atoms with E-state index < -0.39 is 40.4 Å². The average Bonchev–Trinajstić information content (AvgIpc) is 3.98. The predicted molar refractivity (Wildman–Crippen MR) is 186 cm³/mol. The van der Waals surface area contributed by atoms with E-state index in [1.54, 1.807) is 18.2 Å². The highest BCUT2D eigenvalue weighted by Gasteiger charge is 2.82. The van der Waals surface area contributed by atoms with Crippen LogP contribution in [-0.2, 0) is 25.2 Å². The lowest BCUT2D eigenvalue weighted by atomic mass is 9.59. The number of ketones is 1. The number of allylic oxidation sites excluding steroid dienone is 2. The molecule has 10 heteroatoms. The molecule has 0 radical (unpaired) electrons. The molecular weight excluding hydrogens is 662 g/mol. The second-order valence-electron chi connectivity index (χ2n) is 13.4. The van der Waals surface area contributed by atoms with Crippen LogP contribution in [0.2, 0.25) is 0 Å². The van der Waals surface area contributed by atoms with E-state index >= 15 is 14.4 Å². The Morgan fingerprint density at radius 1 is 0.577 bits per heavy atom. The zero-order chi connectivity index (χ0) is 35.4. The summed E-state index contributed by atoms with van der Waals surface area (Å²) in [5, 5.41) is 9.83. The van der Waals surface area contributed by atoms with Crippen LogP contribution in [-0.4, -0.2) is 42.3 Å². The van der Waals surface area contributed by atoms with Crippen molar-refractivity contribution in [1.82, 2.24) is 0 Å². The quantitative estimate of drug-likeness (QED) is 0.213. The molecule has 10 nitrogen and oxygen atoms in total. The van der Waals surface area contributed by atoms with Gasteiger partial charge < -0.3 is 24.1 Å². The number of anilines is 1. The maximum atomic E-state index is 16.2. The molecule has 0 unspecified atom stereocenters. The lowest BCUT2D eigenvalue weighted by Gasteiger charge is -2.39. The molecule has 0 aromatic heterocycles. The van der Waals surface area contributed by atoms with E-state index in [2.05, 4.69) is 0 Å². The Morgan fingerprint density at radius 3 is 1.54 bits per heavy atom. The van der Waals surface area contributed by atoms with Crippen LogP contribution in [0.1, 0.15) is 32.6 Å². The number of carbonyl (C=O) groups excluding carboxylic acids is 3. The molecule has 254 valence electrons. The second kappa shape index (κ2) is 10.7. The zero-order valence-electron chi connectivity index (χ0n) is 27.3. The van der Waals surface area contributed by atoms with Gasteiger partial charge in [0.1, 0.15) is 0 Å². The van der Waals surface area contributed by atoms with Crippen LogP contribution in [0, 0.1) is 11.8 Å². The van der Waals surface area contributed by atoms with Gasteiger partial charge in [0, 0.05) is 0 Å². The van der Waals surface area contributed by atoms with E-state index in [0.717, 1.165) is 4.90 Å². The minimum Gasteiger partial charge on any atom is -0.478 e. The van der Waals surface area contributed by atoms with E-state index in [1.165, 1.54) is 18.2 Å². The Morgan fingerprint density at radius 2 is 1.06 bits per heavy atom. The predicted octanol–water partition coefficient (Wildman–Crippen LogP) is 6.03. The summed E-state index contributed by atoms with van der Waals surface area (Å²) in [5.41, 5.74) is 0.175. The minimum absolute atomic E-state index is 0.0334. The van der Waals surface area contributed by atoms with Crippen molar-refractivity contribution in [3.63, 3.8) is 0 Å². The van der Waals surface area contributed by atoms with Crippen LogP contribution in [0.3, 0.4) is 0 Å². The molecule has 1 N–H and O–H groups in total. The molecule has 2 bridgehead atoms. The molecule has 5 aliphatic rings. The molecule has 2 aliphatic carbocycles. The molecule has 3 heterocycles. The number of amides is 2. The van der Waals surface area contributed by atoms with Crippen molar-refractivity contribution in [3.05, 3.63) is 149 Å². The van der Waals surface area contributed by atoms with Gasteiger partial charge in [-0.25, -0.2) is 9.69 Å². The van der Waals surface area contributed by atoms with E-state index in [0.29, 0.717) is 56.4 Å². The van der Waals surface area contributed by atoms with Gasteiger partial charge in [-0.15, -0.1) is 0 Å². The summed E-state index contributed by atoms with van der Waals surface area (Å²) < 4.78 is 23.0. The molecule has 5 aromatic carbocycles. The van der Waals surface area contributed by atoms with Gasteiger partial charge in [0.2, 0.25) is 25.4 Å². The lowest BCUT2D eigenvalue weighted by molar-refractivity contribution is -0.130. The van der Waals surface area contributed by atoms with Crippen molar-refractivity contribution < 1.29 is 43.2 Å². The number of nitrogens with zero attached hydrogens (tertiary/aromatic N) is 1.